The number of rotatable bonds is 7. The van der Waals surface area contributed by atoms with Crippen LogP contribution < -0.4 is 4.74 Å². The van der Waals surface area contributed by atoms with Gasteiger partial charge in [0, 0.05) is 0 Å². The van der Waals surface area contributed by atoms with Gasteiger partial charge in [0.2, 0.25) is 0 Å². The van der Waals surface area contributed by atoms with Crippen LogP contribution in [0.3, 0.4) is 0 Å². The summed E-state index contributed by atoms with van der Waals surface area (Å²) in [4.78, 5) is 11.9. The van der Waals surface area contributed by atoms with E-state index in [1.54, 1.807) is 7.11 Å². The van der Waals surface area contributed by atoms with E-state index in [0.717, 1.165) is 17.7 Å². The second-order valence-electron chi connectivity index (χ2n) is 5.17. The number of benzene rings is 2. The van der Waals surface area contributed by atoms with E-state index in [0.29, 0.717) is 13.0 Å². The maximum Gasteiger partial charge on any atom is 0.306 e. The van der Waals surface area contributed by atoms with Crippen molar-refractivity contribution in [1.82, 2.24) is 0 Å². The van der Waals surface area contributed by atoms with Gasteiger partial charge < -0.3 is 9.47 Å². The van der Waals surface area contributed by atoms with Gasteiger partial charge in [-0.05, 0) is 42.5 Å². The van der Waals surface area contributed by atoms with Crippen LogP contribution in [-0.2, 0) is 16.0 Å². The average molecular weight is 298 g/mol. The van der Waals surface area contributed by atoms with Gasteiger partial charge in [-0.15, -0.1) is 0 Å². The maximum absolute atomic E-state index is 11.9. The predicted molar refractivity (Wildman–Crippen MR) is 87.1 cm³/mol. The van der Waals surface area contributed by atoms with Gasteiger partial charge in [-0.2, -0.15) is 0 Å². The van der Waals surface area contributed by atoms with Gasteiger partial charge in [0.15, 0.2) is 0 Å². The molecule has 2 rings (SSSR count). The minimum atomic E-state index is -0.148. The van der Waals surface area contributed by atoms with E-state index in [2.05, 4.69) is 12.1 Å². The number of hydrogen-bond acceptors (Lipinski definition) is 3. The van der Waals surface area contributed by atoms with Gasteiger partial charge >= 0.3 is 5.97 Å². The molecule has 0 amide bonds. The van der Waals surface area contributed by atoms with Crippen molar-refractivity contribution in [3.8, 4) is 5.75 Å². The summed E-state index contributed by atoms with van der Waals surface area (Å²) in [6.45, 7) is 2.25. The summed E-state index contributed by atoms with van der Waals surface area (Å²) in [6.07, 6.45) is 1.19. The second-order valence-corrected chi connectivity index (χ2v) is 5.17. The van der Waals surface area contributed by atoms with E-state index in [1.807, 2.05) is 49.4 Å². The highest BCUT2D eigenvalue weighted by atomic mass is 16.5. The first-order chi connectivity index (χ1) is 10.7. The number of hydrogen-bond donors (Lipinski definition) is 0. The first kappa shape index (κ1) is 16.1. The molecule has 2 aromatic carbocycles. The monoisotopic (exact) mass is 298 g/mol. The van der Waals surface area contributed by atoms with Gasteiger partial charge in [-0.25, -0.2) is 0 Å². The predicted octanol–water partition coefficient (Wildman–Crippen LogP) is 3.97. The van der Waals surface area contributed by atoms with Crippen LogP contribution in [0.25, 0.3) is 0 Å². The van der Waals surface area contributed by atoms with E-state index in [9.17, 15) is 4.79 Å². The zero-order chi connectivity index (χ0) is 15.8. The molecule has 1 atom stereocenters. The van der Waals surface area contributed by atoms with Gasteiger partial charge in [0.1, 0.15) is 5.75 Å². The first-order valence-corrected chi connectivity index (χ1v) is 7.56. The Kier molecular flexibility index (Phi) is 6.01. The SMILES string of the molecule is CCOC(=O)CC(Cc1ccc(OC)cc1)c1ccccc1. The molecule has 3 heteroatoms. The number of methoxy groups -OCH3 is 1. The van der Waals surface area contributed by atoms with Crippen LogP contribution in [0.2, 0.25) is 0 Å². The lowest BCUT2D eigenvalue weighted by molar-refractivity contribution is -0.143. The Balaban J connectivity index is 2.14. The molecule has 2 aromatic rings. The normalized spacial score (nSPS) is 11.7. The van der Waals surface area contributed by atoms with E-state index in [1.165, 1.54) is 5.56 Å². The molecule has 0 aliphatic rings. The fourth-order valence-corrected chi connectivity index (χ4v) is 2.50. The lowest BCUT2D eigenvalue weighted by Gasteiger charge is -2.17. The van der Waals surface area contributed by atoms with E-state index < -0.39 is 0 Å². The molecule has 0 aliphatic carbocycles. The molecule has 0 aromatic heterocycles. The average Bonchev–Trinajstić information content (AvgIpc) is 2.56. The van der Waals surface area contributed by atoms with Crippen LogP contribution >= 0.6 is 0 Å². The molecule has 3 nitrogen and oxygen atoms in total. The standard InChI is InChI=1S/C19H22O3/c1-3-22-19(20)14-17(16-7-5-4-6-8-16)13-15-9-11-18(21-2)12-10-15/h4-12,17H,3,13-14H2,1-2H3. The van der Waals surface area contributed by atoms with Crippen molar-refractivity contribution in [2.45, 2.75) is 25.7 Å². The molecule has 0 heterocycles. The molecule has 1 unspecified atom stereocenters. The maximum atomic E-state index is 11.9. The fourth-order valence-electron chi connectivity index (χ4n) is 2.50. The highest BCUT2D eigenvalue weighted by Gasteiger charge is 2.17. The van der Waals surface area contributed by atoms with Crippen LogP contribution in [0.5, 0.6) is 5.75 Å². The third-order valence-electron chi connectivity index (χ3n) is 3.63. The molecule has 0 bridgehead atoms. The number of carbonyl (C=O) groups is 1. The van der Waals surface area contributed by atoms with Crippen LogP contribution in [-0.4, -0.2) is 19.7 Å². The van der Waals surface area contributed by atoms with Gasteiger partial charge in [0.05, 0.1) is 20.1 Å². The summed E-state index contributed by atoms with van der Waals surface area (Å²) in [7, 11) is 1.66. The Morgan fingerprint density at radius 2 is 1.73 bits per heavy atom. The summed E-state index contributed by atoms with van der Waals surface area (Å²) in [6, 6.07) is 18.1. The van der Waals surface area contributed by atoms with Crippen molar-refractivity contribution in [3.05, 3.63) is 65.7 Å². The highest BCUT2D eigenvalue weighted by Crippen LogP contribution is 2.25. The molecule has 0 saturated heterocycles. The summed E-state index contributed by atoms with van der Waals surface area (Å²) in [5.41, 5.74) is 2.34. The smallest absolute Gasteiger partial charge is 0.306 e. The number of ether oxygens (including phenoxy) is 2. The van der Waals surface area contributed by atoms with Crippen LogP contribution in [0, 0.1) is 0 Å². The number of carbonyl (C=O) groups excluding carboxylic acids is 1. The summed E-state index contributed by atoms with van der Waals surface area (Å²) in [5.74, 6) is 0.809. The molecular formula is C19H22O3. The molecule has 0 N–H and O–H groups in total. The largest absolute Gasteiger partial charge is 0.497 e. The van der Waals surface area contributed by atoms with Crippen molar-refractivity contribution >= 4 is 5.97 Å². The Morgan fingerprint density at radius 3 is 2.32 bits per heavy atom. The van der Waals surface area contributed by atoms with Crippen molar-refractivity contribution in [2.75, 3.05) is 13.7 Å². The van der Waals surface area contributed by atoms with Crippen molar-refractivity contribution in [2.24, 2.45) is 0 Å². The molecule has 0 radical (unpaired) electrons. The Bertz CT molecular complexity index is 575. The second kappa shape index (κ2) is 8.23. The van der Waals surface area contributed by atoms with Crippen molar-refractivity contribution in [3.63, 3.8) is 0 Å². The molecule has 22 heavy (non-hydrogen) atoms. The fraction of sp³-hybridized carbons (Fsp3) is 0.316. The third kappa shape index (κ3) is 4.62. The molecule has 0 aliphatic heterocycles. The van der Waals surface area contributed by atoms with Crippen LogP contribution in [0.4, 0.5) is 0 Å². The molecular weight excluding hydrogens is 276 g/mol. The van der Waals surface area contributed by atoms with Crippen molar-refractivity contribution < 1.29 is 14.3 Å². The van der Waals surface area contributed by atoms with E-state index in [4.69, 9.17) is 9.47 Å². The minimum Gasteiger partial charge on any atom is -0.497 e. The third-order valence-corrected chi connectivity index (χ3v) is 3.63. The Hall–Kier alpha value is -2.29. The lowest BCUT2D eigenvalue weighted by atomic mass is 9.89. The summed E-state index contributed by atoms with van der Waals surface area (Å²) < 4.78 is 10.3. The first-order valence-electron chi connectivity index (χ1n) is 7.56. The highest BCUT2D eigenvalue weighted by molar-refractivity contribution is 5.70. The topological polar surface area (TPSA) is 35.5 Å². The van der Waals surface area contributed by atoms with Crippen LogP contribution in [0.15, 0.2) is 54.6 Å². The van der Waals surface area contributed by atoms with E-state index >= 15 is 0 Å². The Morgan fingerprint density at radius 1 is 1.05 bits per heavy atom. The Labute approximate surface area is 131 Å². The minimum absolute atomic E-state index is 0.119. The van der Waals surface area contributed by atoms with Gasteiger partial charge in [0.25, 0.3) is 0 Å². The molecule has 116 valence electrons. The molecule has 0 spiro atoms. The van der Waals surface area contributed by atoms with Crippen LogP contribution in [0.1, 0.15) is 30.4 Å². The quantitative estimate of drug-likeness (QED) is 0.725. The van der Waals surface area contributed by atoms with E-state index in [-0.39, 0.29) is 11.9 Å². The van der Waals surface area contributed by atoms with Crippen molar-refractivity contribution in [1.29, 1.82) is 0 Å². The zero-order valence-electron chi connectivity index (χ0n) is 13.1. The number of esters is 1. The van der Waals surface area contributed by atoms with Gasteiger partial charge in [-0.1, -0.05) is 42.5 Å². The van der Waals surface area contributed by atoms with Gasteiger partial charge in [-0.3, -0.25) is 4.79 Å². The lowest BCUT2D eigenvalue weighted by Crippen LogP contribution is -2.12. The zero-order valence-corrected chi connectivity index (χ0v) is 13.1. The molecule has 0 saturated carbocycles. The summed E-state index contributed by atoms with van der Waals surface area (Å²) in [5, 5.41) is 0. The molecule has 0 fully saturated rings. The summed E-state index contributed by atoms with van der Waals surface area (Å²) >= 11 is 0.